The number of hydrogen-bond donors (Lipinski definition) is 0. The second-order valence-corrected chi connectivity index (χ2v) is 14.3. The van der Waals surface area contributed by atoms with Crippen molar-refractivity contribution in [1.82, 2.24) is 0 Å². The lowest BCUT2D eigenvalue weighted by molar-refractivity contribution is 0.153. The lowest BCUT2D eigenvalue weighted by Gasteiger charge is -2.33. The first-order valence-electron chi connectivity index (χ1n) is 10.2. The van der Waals surface area contributed by atoms with E-state index >= 15 is 0 Å². The molecule has 6 aliphatic rings. The summed E-state index contributed by atoms with van der Waals surface area (Å²) in [6, 6.07) is 0. The van der Waals surface area contributed by atoms with Crippen LogP contribution in [0.4, 0.5) is 0 Å². The van der Waals surface area contributed by atoms with E-state index in [-0.39, 0.29) is 17.3 Å². The molecule has 3 saturated carbocycles. The average Bonchev–Trinajstić information content (AvgIpc) is 3.30. The highest BCUT2D eigenvalue weighted by Gasteiger charge is 2.59. The molecule has 0 aromatic heterocycles. The number of allylic oxidation sites excluding steroid dienone is 2. The predicted octanol–water partition coefficient (Wildman–Crippen LogP) is 3.20. The second kappa shape index (κ2) is 7.34. The summed E-state index contributed by atoms with van der Waals surface area (Å²) >= 11 is 0. The van der Waals surface area contributed by atoms with Crippen molar-refractivity contribution in [1.29, 1.82) is 0 Å². The fraction of sp³-hybridized carbons (Fsp3) is 0.857. The van der Waals surface area contributed by atoms with Crippen LogP contribution in [-0.2, 0) is 19.7 Å². The van der Waals surface area contributed by atoms with Crippen LogP contribution >= 0.6 is 9.90 Å². The Balaban J connectivity index is 0.000000151. The van der Waals surface area contributed by atoms with Crippen LogP contribution in [-0.4, -0.2) is 39.8 Å². The van der Waals surface area contributed by atoms with Gasteiger partial charge in [0.05, 0.1) is 23.0 Å². The molecule has 0 aromatic rings. The van der Waals surface area contributed by atoms with Crippen molar-refractivity contribution in [2.24, 2.45) is 59.2 Å². The first-order valence-corrected chi connectivity index (χ1v) is 13.9. The SMILES string of the molecule is CC1C(C)C2CC1C1CS(=O)(=O)CC21.O=S1(=O)CC2C3C=CC(C3)C2C1.[CH3-].[PH2-]. The van der Waals surface area contributed by atoms with Gasteiger partial charge in [0, 0.05) is 0 Å². The van der Waals surface area contributed by atoms with Gasteiger partial charge in [-0.05, 0) is 72.0 Å². The van der Waals surface area contributed by atoms with E-state index in [1.165, 1.54) is 12.8 Å². The van der Waals surface area contributed by atoms with Gasteiger partial charge in [0.2, 0.25) is 0 Å². The van der Waals surface area contributed by atoms with E-state index < -0.39 is 19.7 Å². The van der Waals surface area contributed by atoms with Gasteiger partial charge in [0.25, 0.3) is 0 Å². The summed E-state index contributed by atoms with van der Waals surface area (Å²) in [5, 5.41) is 0. The molecule has 0 aromatic carbocycles. The van der Waals surface area contributed by atoms with Crippen molar-refractivity contribution >= 4 is 29.6 Å². The van der Waals surface area contributed by atoms with Crippen molar-refractivity contribution < 1.29 is 16.8 Å². The van der Waals surface area contributed by atoms with Crippen LogP contribution in [0.2, 0.25) is 0 Å². The van der Waals surface area contributed by atoms with Gasteiger partial charge >= 0.3 is 0 Å². The summed E-state index contributed by atoms with van der Waals surface area (Å²) in [5.41, 5.74) is 0. The first-order chi connectivity index (χ1) is 12.2. The molecule has 2 aliphatic heterocycles. The van der Waals surface area contributed by atoms with Crippen LogP contribution in [0.5, 0.6) is 0 Å². The van der Waals surface area contributed by atoms with Gasteiger partial charge in [-0.15, -0.1) is 0 Å². The van der Waals surface area contributed by atoms with Gasteiger partial charge < -0.3 is 17.3 Å². The summed E-state index contributed by atoms with van der Waals surface area (Å²) in [7, 11) is -5.35. The second-order valence-electron chi connectivity index (χ2n) is 10.0. The highest BCUT2D eigenvalue weighted by atomic mass is 32.2. The third-order valence-electron chi connectivity index (χ3n) is 8.96. The molecule has 7 heteroatoms. The largest absolute Gasteiger partial charge is 0.577 e. The summed E-state index contributed by atoms with van der Waals surface area (Å²) in [6.07, 6.45) is 7.00. The maximum Gasteiger partial charge on any atom is 0.150 e. The smallest absolute Gasteiger partial charge is 0.150 e. The molecule has 4 nitrogen and oxygen atoms in total. The minimum Gasteiger partial charge on any atom is -0.577 e. The first kappa shape index (κ1) is 22.7. The summed E-state index contributed by atoms with van der Waals surface area (Å²) < 4.78 is 45.8. The molecule has 0 radical (unpaired) electrons. The number of hydrogen-bond acceptors (Lipinski definition) is 4. The zero-order chi connectivity index (χ0) is 18.4. The van der Waals surface area contributed by atoms with Gasteiger partial charge in [-0.3, -0.25) is 0 Å². The molecule has 162 valence electrons. The van der Waals surface area contributed by atoms with Crippen LogP contribution in [0.3, 0.4) is 0 Å². The molecule has 10 atom stereocenters. The quantitative estimate of drug-likeness (QED) is 0.326. The van der Waals surface area contributed by atoms with E-state index in [1.807, 2.05) is 0 Å². The molecule has 0 spiro atoms. The normalized spacial score (nSPS) is 52.2. The minimum absolute atomic E-state index is 0. The van der Waals surface area contributed by atoms with Crippen LogP contribution < -0.4 is 0 Å². The van der Waals surface area contributed by atoms with Crippen LogP contribution in [0.1, 0.15) is 26.7 Å². The number of fused-ring (bicyclic) bond motifs is 10. The maximum atomic E-state index is 11.6. The molecular weight excluding hydrogens is 411 g/mol. The third kappa shape index (κ3) is 3.43. The van der Waals surface area contributed by atoms with Crippen molar-refractivity contribution in [2.45, 2.75) is 26.7 Å². The zero-order valence-electron chi connectivity index (χ0n) is 17.2. The van der Waals surface area contributed by atoms with Crippen molar-refractivity contribution in [2.75, 3.05) is 23.0 Å². The molecule has 0 N–H and O–H groups in total. The van der Waals surface area contributed by atoms with Gasteiger partial charge in [-0.2, -0.15) is 0 Å². The Labute approximate surface area is 174 Å². The predicted molar refractivity (Wildman–Crippen MR) is 118 cm³/mol. The van der Waals surface area contributed by atoms with Crippen LogP contribution in [0.15, 0.2) is 12.2 Å². The molecule has 28 heavy (non-hydrogen) atoms. The van der Waals surface area contributed by atoms with Gasteiger partial charge in [-0.1, -0.05) is 26.0 Å². The van der Waals surface area contributed by atoms with Gasteiger partial charge in [0.15, 0.2) is 19.7 Å². The lowest BCUT2D eigenvalue weighted by Crippen LogP contribution is -2.31. The topological polar surface area (TPSA) is 68.3 Å². The molecule has 4 aliphatic carbocycles. The molecule has 10 unspecified atom stereocenters. The fourth-order valence-corrected chi connectivity index (χ4v) is 12.2. The summed E-state index contributed by atoms with van der Waals surface area (Å²) in [6.45, 7) is 4.63. The number of rotatable bonds is 0. The Hall–Kier alpha value is 0.0700. The zero-order valence-corrected chi connectivity index (χ0v) is 20.0. The van der Waals surface area contributed by atoms with Crippen molar-refractivity contribution in [3.8, 4) is 0 Å². The Morgan fingerprint density at radius 3 is 1.36 bits per heavy atom. The number of sulfone groups is 2. The Morgan fingerprint density at radius 1 is 0.607 bits per heavy atom. The van der Waals surface area contributed by atoms with E-state index in [0.717, 1.165) is 23.7 Å². The summed E-state index contributed by atoms with van der Waals surface area (Å²) in [5.74, 6) is 8.06. The third-order valence-corrected chi connectivity index (χ3v) is 12.5. The summed E-state index contributed by atoms with van der Waals surface area (Å²) in [4.78, 5) is 0. The molecule has 2 saturated heterocycles. The minimum atomic E-state index is -2.68. The van der Waals surface area contributed by atoms with Gasteiger partial charge in [0.1, 0.15) is 0 Å². The standard InChI is InChI=1S/C11H18O2S.C9H12O2S.CH3.H2P/c1-6-7(2)9-3-8(6)10-4-14(12,13)5-11(9)10;10-12(11)4-8-6-1-2-7(3-6)9(8)5-12;;/h6-11H,3-5H2,1-2H3;1-2,6-9H,3-5H2;1H3;1H2/q;;2*-1. The van der Waals surface area contributed by atoms with E-state index in [4.69, 9.17) is 0 Å². The van der Waals surface area contributed by atoms with E-state index in [1.54, 1.807) is 0 Å². The van der Waals surface area contributed by atoms with E-state index in [0.29, 0.717) is 58.5 Å². The van der Waals surface area contributed by atoms with Crippen LogP contribution in [0, 0.1) is 66.6 Å². The molecule has 4 bridgehead atoms. The highest BCUT2D eigenvalue weighted by Crippen LogP contribution is 2.60. The lowest BCUT2D eigenvalue weighted by atomic mass is 9.71. The van der Waals surface area contributed by atoms with Crippen molar-refractivity contribution in [3.63, 3.8) is 0 Å². The Kier molecular flexibility index (Phi) is 5.96. The van der Waals surface area contributed by atoms with Gasteiger partial charge in [-0.25, -0.2) is 16.8 Å². The van der Waals surface area contributed by atoms with E-state index in [9.17, 15) is 16.8 Å². The molecule has 2 heterocycles. The highest BCUT2D eigenvalue weighted by molar-refractivity contribution is 7.91. The fourth-order valence-electron chi connectivity index (χ4n) is 7.61. The molecule has 5 fully saturated rings. The molecular formula is C21H35O4PS2-2. The molecule has 6 rings (SSSR count). The molecule has 0 amide bonds. The van der Waals surface area contributed by atoms with E-state index in [2.05, 4.69) is 26.0 Å². The average molecular weight is 447 g/mol. The Morgan fingerprint density at radius 2 is 0.964 bits per heavy atom. The maximum absolute atomic E-state index is 11.6. The van der Waals surface area contributed by atoms with Crippen LogP contribution in [0.25, 0.3) is 0 Å². The van der Waals surface area contributed by atoms with Crippen molar-refractivity contribution in [3.05, 3.63) is 19.6 Å². The monoisotopic (exact) mass is 446 g/mol. The Bertz CT molecular complexity index is 796.